The maximum Gasteiger partial charge on any atom is 0.329 e. The quantitative estimate of drug-likeness (QED) is 0.485. The number of hydrogen-bond acceptors (Lipinski definition) is 5. The van der Waals surface area contributed by atoms with Crippen molar-refractivity contribution in [1.82, 2.24) is 10.0 Å². The molecule has 0 atom stereocenters. The van der Waals surface area contributed by atoms with E-state index in [4.69, 9.17) is 10.5 Å². The molecule has 3 aromatic rings. The van der Waals surface area contributed by atoms with Gasteiger partial charge in [0.05, 0.1) is 10.4 Å². The van der Waals surface area contributed by atoms with Gasteiger partial charge in [-0.25, -0.2) is 17.9 Å². The van der Waals surface area contributed by atoms with Crippen molar-refractivity contribution in [2.75, 3.05) is 5.73 Å². The summed E-state index contributed by atoms with van der Waals surface area (Å²) in [6, 6.07) is 21.7. The third-order valence-electron chi connectivity index (χ3n) is 4.64. The van der Waals surface area contributed by atoms with E-state index in [-0.39, 0.29) is 4.90 Å². The van der Waals surface area contributed by atoms with Crippen molar-refractivity contribution in [3.8, 4) is 5.75 Å². The number of ether oxygens (including phenoxy) is 1. The molecule has 0 fully saturated rings. The van der Waals surface area contributed by atoms with E-state index in [0.717, 1.165) is 11.1 Å². The molecular formula is C23H25N3O4S. The highest BCUT2D eigenvalue weighted by Crippen LogP contribution is 2.22. The third-order valence-corrected chi connectivity index (χ3v) is 5.99. The topological polar surface area (TPSA) is 111 Å². The monoisotopic (exact) mass is 439 g/mol. The SMILES string of the molecule is CC(C)(NC(=O)NS(=O)(=O)c1ccc(OCc2ccccc2)cc1)c1cccc(N)c1. The number of benzene rings is 3. The molecule has 2 amide bonds. The van der Waals surface area contributed by atoms with Crippen molar-refractivity contribution in [1.29, 1.82) is 0 Å². The molecule has 0 unspecified atom stereocenters. The fourth-order valence-corrected chi connectivity index (χ4v) is 3.85. The van der Waals surface area contributed by atoms with E-state index in [1.807, 2.05) is 35.1 Å². The number of amides is 2. The molecule has 0 spiro atoms. The Morgan fingerprint density at radius 2 is 1.65 bits per heavy atom. The second-order valence-corrected chi connectivity index (χ2v) is 9.24. The zero-order chi connectivity index (χ0) is 22.5. The van der Waals surface area contributed by atoms with Gasteiger partial charge in [-0.05, 0) is 61.4 Å². The first-order valence-corrected chi connectivity index (χ1v) is 11.1. The number of rotatable bonds is 7. The van der Waals surface area contributed by atoms with Gasteiger partial charge >= 0.3 is 6.03 Å². The zero-order valence-corrected chi connectivity index (χ0v) is 18.1. The summed E-state index contributed by atoms with van der Waals surface area (Å²) in [5.41, 5.74) is 7.27. The molecule has 7 nitrogen and oxygen atoms in total. The molecule has 3 rings (SSSR count). The molecule has 0 saturated carbocycles. The van der Waals surface area contributed by atoms with Crippen molar-refractivity contribution in [3.05, 3.63) is 90.0 Å². The number of anilines is 1. The van der Waals surface area contributed by atoms with E-state index >= 15 is 0 Å². The lowest BCUT2D eigenvalue weighted by Gasteiger charge is -2.27. The molecule has 8 heteroatoms. The fraction of sp³-hybridized carbons (Fsp3) is 0.174. The molecule has 3 aromatic carbocycles. The zero-order valence-electron chi connectivity index (χ0n) is 17.3. The first-order chi connectivity index (χ1) is 14.7. The number of nitrogen functional groups attached to an aromatic ring is 1. The minimum absolute atomic E-state index is 0.0449. The molecular weight excluding hydrogens is 414 g/mol. The van der Waals surface area contributed by atoms with Crippen LogP contribution in [0.3, 0.4) is 0 Å². The minimum Gasteiger partial charge on any atom is -0.489 e. The highest BCUT2D eigenvalue weighted by atomic mass is 32.2. The van der Waals surface area contributed by atoms with Gasteiger partial charge in [0.2, 0.25) is 0 Å². The van der Waals surface area contributed by atoms with Crippen molar-refractivity contribution >= 4 is 21.7 Å². The first kappa shape index (κ1) is 22.2. The van der Waals surface area contributed by atoms with E-state index in [0.29, 0.717) is 18.0 Å². The van der Waals surface area contributed by atoms with Crippen LogP contribution in [0.1, 0.15) is 25.0 Å². The van der Waals surface area contributed by atoms with Gasteiger partial charge in [0.1, 0.15) is 12.4 Å². The standard InChI is InChI=1S/C23H25N3O4S/c1-23(2,18-9-6-10-19(24)15-18)25-22(27)26-31(28,29)21-13-11-20(12-14-21)30-16-17-7-4-3-5-8-17/h3-15H,16,24H2,1-2H3,(H2,25,26,27). The summed E-state index contributed by atoms with van der Waals surface area (Å²) in [5.74, 6) is 0.523. The van der Waals surface area contributed by atoms with Crippen LogP contribution in [-0.2, 0) is 22.2 Å². The van der Waals surface area contributed by atoms with E-state index in [2.05, 4.69) is 5.32 Å². The Balaban J connectivity index is 1.62. The van der Waals surface area contributed by atoms with E-state index in [1.165, 1.54) is 12.1 Å². The van der Waals surface area contributed by atoms with Gasteiger partial charge in [-0.3, -0.25) is 0 Å². The van der Waals surface area contributed by atoms with Gasteiger partial charge < -0.3 is 15.8 Å². The molecule has 162 valence electrons. The number of nitrogens with two attached hydrogens (primary N) is 1. The highest BCUT2D eigenvalue weighted by Gasteiger charge is 2.26. The molecule has 0 heterocycles. The number of carbonyl (C=O) groups excluding carboxylic acids is 1. The second kappa shape index (κ2) is 9.09. The van der Waals surface area contributed by atoms with E-state index in [9.17, 15) is 13.2 Å². The molecule has 31 heavy (non-hydrogen) atoms. The van der Waals surface area contributed by atoms with Crippen LogP contribution in [0.5, 0.6) is 5.75 Å². The molecule has 0 saturated heterocycles. The lowest BCUT2D eigenvalue weighted by Crippen LogP contribution is -2.48. The van der Waals surface area contributed by atoms with Gasteiger partial charge in [-0.2, -0.15) is 0 Å². The Morgan fingerprint density at radius 3 is 2.29 bits per heavy atom. The number of nitrogens with one attached hydrogen (secondary N) is 2. The van der Waals surface area contributed by atoms with E-state index in [1.54, 1.807) is 50.2 Å². The predicted octanol–water partition coefficient (Wildman–Crippen LogP) is 3.77. The van der Waals surface area contributed by atoms with Gasteiger partial charge in [0, 0.05) is 5.69 Å². The molecule has 0 radical (unpaired) electrons. The summed E-state index contributed by atoms with van der Waals surface area (Å²) in [5, 5.41) is 2.67. The Morgan fingerprint density at radius 1 is 0.968 bits per heavy atom. The fourth-order valence-electron chi connectivity index (χ4n) is 2.95. The van der Waals surface area contributed by atoms with Crippen LogP contribution < -0.4 is 20.5 Å². The Bertz CT molecular complexity index is 1140. The molecule has 4 N–H and O–H groups in total. The molecule has 0 aliphatic carbocycles. The maximum absolute atomic E-state index is 12.6. The Hall–Kier alpha value is -3.52. The number of sulfonamides is 1. The van der Waals surface area contributed by atoms with E-state index < -0.39 is 21.6 Å². The van der Waals surface area contributed by atoms with Crippen LogP contribution in [0.25, 0.3) is 0 Å². The number of urea groups is 1. The summed E-state index contributed by atoms with van der Waals surface area (Å²) in [4.78, 5) is 12.3. The van der Waals surface area contributed by atoms with Crippen LogP contribution in [-0.4, -0.2) is 14.4 Å². The van der Waals surface area contributed by atoms with Gasteiger partial charge in [-0.15, -0.1) is 0 Å². The van der Waals surface area contributed by atoms with Gasteiger partial charge in [0.25, 0.3) is 10.0 Å². The van der Waals surface area contributed by atoms with Gasteiger partial charge in [-0.1, -0.05) is 42.5 Å². The van der Waals surface area contributed by atoms with Crippen molar-refractivity contribution in [2.24, 2.45) is 0 Å². The number of carbonyl (C=O) groups is 1. The Kier molecular flexibility index (Phi) is 6.50. The van der Waals surface area contributed by atoms with Crippen LogP contribution in [0.2, 0.25) is 0 Å². The lowest BCUT2D eigenvalue weighted by atomic mass is 9.94. The minimum atomic E-state index is -4.05. The summed E-state index contributed by atoms with van der Waals surface area (Å²) >= 11 is 0. The van der Waals surface area contributed by atoms with Crippen LogP contribution >= 0.6 is 0 Å². The summed E-state index contributed by atoms with van der Waals surface area (Å²) in [7, 11) is -4.05. The van der Waals surface area contributed by atoms with Crippen molar-refractivity contribution in [2.45, 2.75) is 30.9 Å². The largest absolute Gasteiger partial charge is 0.489 e. The van der Waals surface area contributed by atoms with Crippen LogP contribution in [0.15, 0.2) is 83.8 Å². The maximum atomic E-state index is 12.6. The van der Waals surface area contributed by atoms with Crippen LogP contribution in [0.4, 0.5) is 10.5 Å². The van der Waals surface area contributed by atoms with Crippen molar-refractivity contribution in [3.63, 3.8) is 0 Å². The average molecular weight is 440 g/mol. The molecule has 0 aliphatic heterocycles. The van der Waals surface area contributed by atoms with Gasteiger partial charge in [0.15, 0.2) is 0 Å². The first-order valence-electron chi connectivity index (χ1n) is 9.63. The normalized spacial score (nSPS) is 11.5. The second-order valence-electron chi connectivity index (χ2n) is 7.56. The summed E-state index contributed by atoms with van der Waals surface area (Å²) in [6.07, 6.45) is 0. The average Bonchev–Trinajstić information content (AvgIpc) is 2.72. The van der Waals surface area contributed by atoms with Crippen LogP contribution in [0, 0.1) is 0 Å². The summed E-state index contributed by atoms with van der Waals surface area (Å²) < 4.78 is 32.9. The molecule has 0 bridgehead atoms. The molecule has 0 aliphatic rings. The van der Waals surface area contributed by atoms with Crippen molar-refractivity contribution < 1.29 is 17.9 Å². The Labute approximate surface area is 182 Å². The third kappa shape index (κ3) is 5.99. The summed E-state index contributed by atoms with van der Waals surface area (Å²) in [6.45, 7) is 3.88. The number of hydrogen-bond donors (Lipinski definition) is 3. The lowest BCUT2D eigenvalue weighted by molar-refractivity contribution is 0.235. The molecule has 0 aromatic heterocycles. The predicted molar refractivity (Wildman–Crippen MR) is 120 cm³/mol. The highest BCUT2D eigenvalue weighted by molar-refractivity contribution is 7.90. The smallest absolute Gasteiger partial charge is 0.329 e.